The van der Waals surface area contributed by atoms with E-state index in [1.807, 2.05) is 0 Å². The van der Waals surface area contributed by atoms with Gasteiger partial charge in [0.1, 0.15) is 5.82 Å². The molecule has 2 aromatic carbocycles. The monoisotopic (exact) mass is 337 g/mol. The van der Waals surface area contributed by atoms with Gasteiger partial charge in [-0.2, -0.15) is 0 Å². The Labute approximate surface area is 124 Å². The minimum Gasteiger partial charge on any atom is -0.465 e. The van der Waals surface area contributed by atoms with Gasteiger partial charge >= 0.3 is 5.97 Å². The van der Waals surface area contributed by atoms with Gasteiger partial charge in [-0.3, -0.25) is 0 Å². The Bertz CT molecular complexity index is 614. The Kier molecular flexibility index (Phi) is 4.74. The molecule has 2 aromatic rings. The molecule has 0 fully saturated rings. The summed E-state index contributed by atoms with van der Waals surface area (Å²) in [5.41, 5.74) is 1.87. The summed E-state index contributed by atoms with van der Waals surface area (Å²) in [7, 11) is 1.34. The standard InChI is InChI=1S/C15H13BrFNO2/c1-20-15(19)11-4-2-10(3-5-11)9-18-14-7-6-12(16)8-13(14)17/h2-8,18H,9H2,1H3. The fourth-order valence-electron chi connectivity index (χ4n) is 1.71. The second-order valence-electron chi connectivity index (χ2n) is 4.17. The van der Waals surface area contributed by atoms with Crippen LogP contribution in [0.2, 0.25) is 0 Å². The lowest BCUT2D eigenvalue weighted by molar-refractivity contribution is 0.0600. The van der Waals surface area contributed by atoms with Crippen LogP contribution < -0.4 is 5.32 Å². The summed E-state index contributed by atoms with van der Waals surface area (Å²) in [4.78, 5) is 11.3. The SMILES string of the molecule is COC(=O)c1ccc(CNc2ccc(Br)cc2F)cc1. The average molecular weight is 338 g/mol. The fraction of sp³-hybridized carbons (Fsp3) is 0.133. The number of carbonyl (C=O) groups is 1. The van der Waals surface area contributed by atoms with Gasteiger partial charge in [0.25, 0.3) is 0 Å². The molecular formula is C15H13BrFNO2. The summed E-state index contributed by atoms with van der Waals surface area (Å²) in [5.74, 6) is -0.686. The van der Waals surface area contributed by atoms with Crippen molar-refractivity contribution in [1.29, 1.82) is 0 Å². The zero-order valence-electron chi connectivity index (χ0n) is 10.8. The first-order chi connectivity index (χ1) is 9.60. The average Bonchev–Trinajstić information content (AvgIpc) is 2.46. The van der Waals surface area contributed by atoms with Gasteiger partial charge in [0.05, 0.1) is 18.4 Å². The van der Waals surface area contributed by atoms with E-state index >= 15 is 0 Å². The van der Waals surface area contributed by atoms with Crippen molar-refractivity contribution in [3.05, 3.63) is 63.9 Å². The number of nitrogens with one attached hydrogen (secondary N) is 1. The number of ether oxygens (including phenoxy) is 1. The predicted octanol–water partition coefficient (Wildman–Crippen LogP) is 3.99. The second-order valence-corrected chi connectivity index (χ2v) is 5.08. The van der Waals surface area contributed by atoms with Crippen LogP contribution in [0.3, 0.4) is 0 Å². The van der Waals surface area contributed by atoms with Crippen molar-refractivity contribution in [2.24, 2.45) is 0 Å². The molecule has 0 radical (unpaired) electrons. The summed E-state index contributed by atoms with van der Waals surface area (Å²) in [5, 5.41) is 3.01. The molecule has 0 heterocycles. The summed E-state index contributed by atoms with van der Waals surface area (Å²) < 4.78 is 18.9. The Hall–Kier alpha value is -1.88. The van der Waals surface area contributed by atoms with Crippen LogP contribution in [0, 0.1) is 5.82 Å². The Morgan fingerprint density at radius 2 is 1.95 bits per heavy atom. The molecular weight excluding hydrogens is 325 g/mol. The van der Waals surface area contributed by atoms with Crippen molar-refractivity contribution in [2.45, 2.75) is 6.54 Å². The minimum absolute atomic E-state index is 0.314. The van der Waals surface area contributed by atoms with Gasteiger partial charge in [-0.25, -0.2) is 9.18 Å². The zero-order valence-corrected chi connectivity index (χ0v) is 12.4. The predicted molar refractivity (Wildman–Crippen MR) is 79.2 cm³/mol. The quantitative estimate of drug-likeness (QED) is 0.857. The summed E-state index contributed by atoms with van der Waals surface area (Å²) in [6.07, 6.45) is 0. The van der Waals surface area contributed by atoms with Crippen LogP contribution in [0.4, 0.5) is 10.1 Å². The van der Waals surface area contributed by atoms with Crippen LogP contribution in [-0.4, -0.2) is 13.1 Å². The van der Waals surface area contributed by atoms with Crippen LogP contribution in [0.25, 0.3) is 0 Å². The molecule has 0 aromatic heterocycles. The van der Waals surface area contributed by atoms with Crippen molar-refractivity contribution < 1.29 is 13.9 Å². The number of anilines is 1. The van der Waals surface area contributed by atoms with Gasteiger partial charge < -0.3 is 10.1 Å². The van der Waals surface area contributed by atoms with Crippen molar-refractivity contribution in [1.82, 2.24) is 0 Å². The van der Waals surface area contributed by atoms with E-state index in [2.05, 4.69) is 26.0 Å². The number of benzene rings is 2. The molecule has 0 unspecified atom stereocenters. The summed E-state index contributed by atoms with van der Waals surface area (Å²) >= 11 is 3.21. The lowest BCUT2D eigenvalue weighted by Gasteiger charge is -2.08. The Morgan fingerprint density at radius 1 is 1.25 bits per heavy atom. The maximum atomic E-state index is 13.6. The number of halogens is 2. The third-order valence-corrected chi connectivity index (χ3v) is 3.28. The van der Waals surface area contributed by atoms with Gasteiger partial charge in [-0.1, -0.05) is 28.1 Å². The van der Waals surface area contributed by atoms with E-state index in [4.69, 9.17) is 0 Å². The molecule has 1 N–H and O–H groups in total. The van der Waals surface area contributed by atoms with E-state index in [1.54, 1.807) is 36.4 Å². The molecule has 104 valence electrons. The molecule has 0 saturated heterocycles. The van der Waals surface area contributed by atoms with Gasteiger partial charge in [0.2, 0.25) is 0 Å². The van der Waals surface area contributed by atoms with Gasteiger partial charge in [0.15, 0.2) is 0 Å². The smallest absolute Gasteiger partial charge is 0.337 e. The molecule has 2 rings (SSSR count). The maximum Gasteiger partial charge on any atom is 0.337 e. The van der Waals surface area contributed by atoms with Crippen LogP contribution in [0.15, 0.2) is 46.9 Å². The lowest BCUT2D eigenvalue weighted by atomic mass is 10.1. The first kappa shape index (κ1) is 14.5. The first-order valence-electron chi connectivity index (χ1n) is 5.96. The number of methoxy groups -OCH3 is 1. The zero-order chi connectivity index (χ0) is 14.5. The normalized spacial score (nSPS) is 10.2. The van der Waals surface area contributed by atoms with Crippen molar-refractivity contribution in [2.75, 3.05) is 12.4 Å². The Balaban J connectivity index is 2.02. The topological polar surface area (TPSA) is 38.3 Å². The van der Waals surface area contributed by atoms with Crippen LogP contribution >= 0.6 is 15.9 Å². The maximum absolute atomic E-state index is 13.6. The molecule has 0 aliphatic carbocycles. The molecule has 0 saturated carbocycles. The summed E-state index contributed by atoms with van der Waals surface area (Å²) in [6.45, 7) is 0.472. The molecule has 0 spiro atoms. The molecule has 0 bridgehead atoms. The summed E-state index contributed by atoms with van der Waals surface area (Å²) in [6, 6.07) is 11.8. The highest BCUT2D eigenvalue weighted by Crippen LogP contribution is 2.20. The number of esters is 1. The van der Waals surface area contributed by atoms with E-state index < -0.39 is 0 Å². The van der Waals surface area contributed by atoms with E-state index in [1.165, 1.54) is 13.2 Å². The third-order valence-electron chi connectivity index (χ3n) is 2.79. The number of carbonyl (C=O) groups excluding carboxylic acids is 1. The van der Waals surface area contributed by atoms with Gasteiger partial charge in [-0.15, -0.1) is 0 Å². The van der Waals surface area contributed by atoms with Gasteiger partial charge in [0, 0.05) is 11.0 Å². The molecule has 20 heavy (non-hydrogen) atoms. The van der Waals surface area contributed by atoms with E-state index in [0.29, 0.717) is 22.3 Å². The molecule has 3 nitrogen and oxygen atoms in total. The fourth-order valence-corrected chi connectivity index (χ4v) is 2.04. The number of hydrogen-bond donors (Lipinski definition) is 1. The van der Waals surface area contributed by atoms with E-state index in [9.17, 15) is 9.18 Å². The lowest BCUT2D eigenvalue weighted by Crippen LogP contribution is -2.03. The van der Waals surface area contributed by atoms with E-state index in [-0.39, 0.29) is 11.8 Å². The van der Waals surface area contributed by atoms with Crippen LogP contribution in [0.5, 0.6) is 0 Å². The largest absolute Gasteiger partial charge is 0.465 e. The van der Waals surface area contributed by atoms with E-state index in [0.717, 1.165) is 5.56 Å². The number of hydrogen-bond acceptors (Lipinski definition) is 3. The van der Waals surface area contributed by atoms with Crippen molar-refractivity contribution in [3.63, 3.8) is 0 Å². The minimum atomic E-state index is -0.372. The van der Waals surface area contributed by atoms with Crippen LogP contribution in [-0.2, 0) is 11.3 Å². The number of rotatable bonds is 4. The highest BCUT2D eigenvalue weighted by molar-refractivity contribution is 9.10. The molecule has 5 heteroatoms. The molecule has 0 atom stereocenters. The highest BCUT2D eigenvalue weighted by Gasteiger charge is 2.05. The Morgan fingerprint density at radius 3 is 2.55 bits per heavy atom. The second kappa shape index (κ2) is 6.52. The van der Waals surface area contributed by atoms with Crippen LogP contribution in [0.1, 0.15) is 15.9 Å². The molecule has 0 amide bonds. The third kappa shape index (κ3) is 3.57. The highest BCUT2D eigenvalue weighted by atomic mass is 79.9. The molecule has 0 aliphatic heterocycles. The van der Waals surface area contributed by atoms with Gasteiger partial charge in [-0.05, 0) is 35.9 Å². The first-order valence-corrected chi connectivity index (χ1v) is 6.75. The van der Waals surface area contributed by atoms with Crippen molar-refractivity contribution in [3.8, 4) is 0 Å². The molecule has 0 aliphatic rings. The van der Waals surface area contributed by atoms with Crippen molar-refractivity contribution >= 4 is 27.6 Å².